The van der Waals surface area contributed by atoms with Crippen LogP contribution in [-0.4, -0.2) is 35.2 Å². The summed E-state index contributed by atoms with van der Waals surface area (Å²) in [6.45, 7) is 9.28. The second kappa shape index (κ2) is 15.9. The van der Waals surface area contributed by atoms with E-state index in [0.717, 1.165) is 11.1 Å². The number of carbonyl (C=O) groups excluding carboxylic acids is 4. The van der Waals surface area contributed by atoms with Crippen LogP contribution in [0.5, 0.6) is 0 Å². The lowest BCUT2D eigenvalue weighted by atomic mass is 9.88. The minimum atomic E-state index is -0.797. The molecule has 0 radical (unpaired) electrons. The summed E-state index contributed by atoms with van der Waals surface area (Å²) < 4.78 is 5.49. The Morgan fingerprint density at radius 3 is 1.93 bits per heavy atom. The lowest BCUT2D eigenvalue weighted by Gasteiger charge is -2.26. The number of nitrogens with one attached hydrogen (secondary N) is 2. The van der Waals surface area contributed by atoms with Crippen molar-refractivity contribution in [1.29, 1.82) is 0 Å². The van der Waals surface area contributed by atoms with E-state index in [9.17, 15) is 19.2 Å². The third-order valence-corrected chi connectivity index (χ3v) is 6.53. The Morgan fingerprint density at radius 1 is 0.825 bits per heavy atom. The molecule has 2 aromatic rings. The number of hydrazine groups is 1. The summed E-state index contributed by atoms with van der Waals surface area (Å²) in [5, 5.41) is 2.92. The van der Waals surface area contributed by atoms with Crippen LogP contribution in [0.3, 0.4) is 0 Å². The molecule has 8 nitrogen and oxygen atoms in total. The molecule has 0 aliphatic heterocycles. The zero-order chi connectivity index (χ0) is 29.7. The summed E-state index contributed by atoms with van der Waals surface area (Å²) in [5.41, 5.74) is 3.46. The van der Waals surface area contributed by atoms with Crippen molar-refractivity contribution in [2.45, 2.75) is 84.8 Å². The number of nitrogens with two attached hydrogens (primary N) is 1. The summed E-state index contributed by atoms with van der Waals surface area (Å²) in [6.07, 6.45) is 1.60. The average Bonchev–Trinajstić information content (AvgIpc) is 2.89. The zero-order valence-corrected chi connectivity index (χ0v) is 24.4. The van der Waals surface area contributed by atoms with Gasteiger partial charge in [-0.1, -0.05) is 74.5 Å². The van der Waals surface area contributed by atoms with Crippen molar-refractivity contribution < 1.29 is 23.9 Å². The smallest absolute Gasteiger partial charge is 0.307 e. The van der Waals surface area contributed by atoms with Crippen molar-refractivity contribution in [3.8, 4) is 0 Å². The molecule has 0 aliphatic rings. The molecule has 218 valence electrons. The molecule has 0 aromatic heterocycles. The van der Waals surface area contributed by atoms with Gasteiger partial charge in [0.2, 0.25) is 11.8 Å². The van der Waals surface area contributed by atoms with Crippen molar-refractivity contribution in [2.24, 2.45) is 23.6 Å². The van der Waals surface area contributed by atoms with Crippen LogP contribution in [0.1, 0.15) is 71.4 Å². The molecule has 0 heterocycles. The highest BCUT2D eigenvalue weighted by Gasteiger charge is 2.31. The molecule has 2 amide bonds. The van der Waals surface area contributed by atoms with Crippen molar-refractivity contribution in [3.05, 3.63) is 71.8 Å². The molecule has 0 spiro atoms. The fourth-order valence-electron chi connectivity index (χ4n) is 4.59. The van der Waals surface area contributed by atoms with E-state index in [1.807, 2.05) is 74.5 Å². The van der Waals surface area contributed by atoms with Crippen molar-refractivity contribution >= 4 is 23.6 Å². The van der Waals surface area contributed by atoms with E-state index in [2.05, 4.69) is 10.7 Å². The number of ketones is 1. The fraction of sp³-hybridized carbons (Fsp3) is 0.500. The number of carbonyl (C=O) groups is 4. The third-order valence-electron chi connectivity index (χ3n) is 6.53. The topological polar surface area (TPSA) is 128 Å². The molecule has 0 aliphatic carbocycles. The van der Waals surface area contributed by atoms with Crippen LogP contribution in [0.15, 0.2) is 60.7 Å². The first-order chi connectivity index (χ1) is 18.9. The van der Waals surface area contributed by atoms with Gasteiger partial charge >= 0.3 is 5.97 Å². The highest BCUT2D eigenvalue weighted by molar-refractivity contribution is 5.93. The van der Waals surface area contributed by atoms with Gasteiger partial charge in [-0.3, -0.25) is 24.6 Å². The molecule has 4 N–H and O–H groups in total. The van der Waals surface area contributed by atoms with Crippen LogP contribution in [0.2, 0.25) is 0 Å². The van der Waals surface area contributed by atoms with E-state index in [4.69, 9.17) is 10.6 Å². The Kier molecular flexibility index (Phi) is 13.0. The first kappa shape index (κ1) is 32.7. The number of hydrogen-bond donors (Lipinski definition) is 3. The van der Waals surface area contributed by atoms with Crippen LogP contribution < -0.4 is 16.6 Å². The second-order valence-electron chi connectivity index (χ2n) is 11.8. The van der Waals surface area contributed by atoms with Gasteiger partial charge in [0.1, 0.15) is 5.60 Å². The second-order valence-corrected chi connectivity index (χ2v) is 11.8. The molecule has 3 atom stereocenters. The summed E-state index contributed by atoms with van der Waals surface area (Å²) in [7, 11) is 0. The maximum Gasteiger partial charge on any atom is 0.307 e. The molecular formula is C32H45N3O5. The number of rotatable bonds is 15. The Labute approximate surface area is 238 Å². The Morgan fingerprint density at radius 2 is 1.40 bits per heavy atom. The fourth-order valence-corrected chi connectivity index (χ4v) is 4.59. The van der Waals surface area contributed by atoms with Gasteiger partial charge < -0.3 is 10.1 Å². The molecule has 0 bridgehead atoms. The lowest BCUT2D eigenvalue weighted by molar-refractivity contribution is -0.157. The molecule has 2 aromatic carbocycles. The first-order valence-corrected chi connectivity index (χ1v) is 14.0. The van der Waals surface area contributed by atoms with Crippen LogP contribution in [0.4, 0.5) is 0 Å². The SMILES string of the molecule is CC(C)C[C@H](NC(=O)[C@H](CCc1ccccc1)CC(=O)OC(C)(C)C)C(=O)C[C@@H](Cc1ccccc1)C(=O)NN. The Balaban J connectivity index is 2.20. The van der Waals surface area contributed by atoms with Gasteiger partial charge in [0.25, 0.3) is 0 Å². The van der Waals surface area contributed by atoms with Crippen LogP contribution >= 0.6 is 0 Å². The molecule has 40 heavy (non-hydrogen) atoms. The lowest BCUT2D eigenvalue weighted by Crippen LogP contribution is -2.47. The predicted octanol–water partition coefficient (Wildman–Crippen LogP) is 4.31. The monoisotopic (exact) mass is 551 g/mol. The van der Waals surface area contributed by atoms with Gasteiger partial charge in [0.15, 0.2) is 5.78 Å². The highest BCUT2D eigenvalue weighted by Crippen LogP contribution is 2.20. The molecule has 0 unspecified atom stereocenters. The molecular weight excluding hydrogens is 506 g/mol. The summed E-state index contributed by atoms with van der Waals surface area (Å²) in [6, 6.07) is 18.3. The van der Waals surface area contributed by atoms with Crippen molar-refractivity contribution in [1.82, 2.24) is 10.7 Å². The van der Waals surface area contributed by atoms with E-state index < -0.39 is 35.4 Å². The number of hydrogen-bond acceptors (Lipinski definition) is 6. The maximum absolute atomic E-state index is 13.6. The maximum atomic E-state index is 13.6. The number of ether oxygens (including phenoxy) is 1. The van der Waals surface area contributed by atoms with Crippen LogP contribution in [0.25, 0.3) is 0 Å². The first-order valence-electron chi connectivity index (χ1n) is 14.0. The van der Waals surface area contributed by atoms with E-state index >= 15 is 0 Å². The van der Waals surface area contributed by atoms with Gasteiger partial charge in [-0.05, 0) is 63.5 Å². The number of Topliss-reactive ketones (excluding diaryl/α,β-unsaturated/α-hetero) is 1. The zero-order valence-electron chi connectivity index (χ0n) is 24.4. The number of amides is 2. The van der Waals surface area contributed by atoms with Gasteiger partial charge in [-0.2, -0.15) is 0 Å². The average molecular weight is 552 g/mol. The van der Waals surface area contributed by atoms with Crippen LogP contribution in [0, 0.1) is 17.8 Å². The van der Waals surface area contributed by atoms with Gasteiger partial charge in [0.05, 0.1) is 18.4 Å². The van der Waals surface area contributed by atoms with Gasteiger partial charge in [0, 0.05) is 12.3 Å². The van der Waals surface area contributed by atoms with Gasteiger partial charge in [-0.25, -0.2) is 5.84 Å². The number of benzene rings is 2. The van der Waals surface area contributed by atoms with Crippen LogP contribution in [-0.2, 0) is 36.8 Å². The number of esters is 1. The van der Waals surface area contributed by atoms with E-state index in [1.165, 1.54) is 0 Å². The normalized spacial score (nSPS) is 13.7. The summed E-state index contributed by atoms with van der Waals surface area (Å²) >= 11 is 0. The molecule has 0 fully saturated rings. The molecule has 8 heteroatoms. The molecule has 0 saturated heterocycles. The molecule has 2 rings (SSSR count). The highest BCUT2D eigenvalue weighted by atomic mass is 16.6. The van der Waals surface area contributed by atoms with Gasteiger partial charge in [-0.15, -0.1) is 0 Å². The van der Waals surface area contributed by atoms with E-state index in [-0.39, 0.29) is 30.4 Å². The summed E-state index contributed by atoms with van der Waals surface area (Å²) in [4.78, 5) is 52.3. The standard InChI is InChI=1S/C32H45N3O5/c1-22(2)18-27(28(36)20-26(31(39)35-33)19-24-14-10-7-11-15-24)34-30(38)25(21-29(37)40-32(3,4)5)17-16-23-12-8-6-9-13-23/h6-15,22,25-27H,16-21,33H2,1-5H3,(H,34,38)(H,35,39)/t25-,26-,27+/m1/s1. The minimum absolute atomic E-state index is 0.0731. The molecule has 0 saturated carbocycles. The predicted molar refractivity (Wildman–Crippen MR) is 156 cm³/mol. The third kappa shape index (κ3) is 12.1. The summed E-state index contributed by atoms with van der Waals surface area (Å²) in [5.74, 6) is 2.67. The minimum Gasteiger partial charge on any atom is -0.460 e. The van der Waals surface area contributed by atoms with Crippen molar-refractivity contribution in [3.63, 3.8) is 0 Å². The van der Waals surface area contributed by atoms with E-state index in [0.29, 0.717) is 25.7 Å². The van der Waals surface area contributed by atoms with E-state index in [1.54, 1.807) is 20.8 Å². The Hall–Kier alpha value is -3.52. The largest absolute Gasteiger partial charge is 0.460 e. The number of aryl methyl sites for hydroxylation is 1. The van der Waals surface area contributed by atoms with Crippen molar-refractivity contribution in [2.75, 3.05) is 0 Å². The quantitative estimate of drug-likeness (QED) is 0.131. The Bertz CT molecular complexity index is 1100.